The molecule has 10 aliphatic rings. The van der Waals surface area contributed by atoms with Crippen LogP contribution in [0.4, 0.5) is 5.69 Å². The van der Waals surface area contributed by atoms with Crippen molar-refractivity contribution >= 4 is 17.6 Å². The average Bonchev–Trinajstić information content (AvgIpc) is 0.672. The molecule has 97 heavy (non-hydrogen) atoms. The van der Waals surface area contributed by atoms with E-state index in [4.69, 9.17) is 57.8 Å². The van der Waals surface area contributed by atoms with Gasteiger partial charge in [0.15, 0.2) is 31.3 Å². The minimum atomic E-state index is -1.93. The Kier molecular flexibility index (Phi) is 23.2. The monoisotopic (exact) mass is 1380 g/mol. The van der Waals surface area contributed by atoms with Gasteiger partial charge in [0.2, 0.25) is 6.29 Å². The number of aliphatic hydroxyl groups excluding tert-OH is 14. The number of anilines is 1. The summed E-state index contributed by atoms with van der Waals surface area (Å²) in [7, 11) is 0. The number of allylic oxidation sites excluding steroid dienone is 2. The molecule has 0 aromatic heterocycles. The van der Waals surface area contributed by atoms with Crippen LogP contribution in [0.3, 0.4) is 0 Å². The number of hydrogen-bond acceptors (Lipinski definition) is 28. The minimum Gasteiger partial charge on any atom is -0.462 e. The number of carbonyl (C=O) groups excluding carboxylic acids is 2. The second-order valence-corrected chi connectivity index (χ2v) is 31.4. The lowest BCUT2D eigenvalue weighted by atomic mass is 9.33. The van der Waals surface area contributed by atoms with Crippen LogP contribution in [0.1, 0.15) is 150 Å². The molecule has 11 rings (SSSR count). The van der Waals surface area contributed by atoms with Crippen molar-refractivity contribution in [2.24, 2.45) is 50.2 Å². The summed E-state index contributed by atoms with van der Waals surface area (Å²) in [5.74, 6) is -1.28. The molecule has 5 saturated heterocycles. The summed E-state index contributed by atoms with van der Waals surface area (Å²) in [5, 5.41) is 152. The first kappa shape index (κ1) is 76.4. The van der Waals surface area contributed by atoms with Crippen molar-refractivity contribution < 1.29 is 133 Å². The molecule has 16 N–H and O–H groups in total. The zero-order chi connectivity index (χ0) is 71.0. The molecule has 28 nitrogen and oxygen atoms in total. The summed E-state index contributed by atoms with van der Waals surface area (Å²) in [4.78, 5) is 26.8. The number of carbonyl (C=O) groups is 2. The van der Waals surface area contributed by atoms with E-state index in [1.165, 1.54) is 6.92 Å². The highest BCUT2D eigenvalue weighted by atomic mass is 16.8. The van der Waals surface area contributed by atoms with Gasteiger partial charge < -0.3 is 129 Å². The highest BCUT2D eigenvalue weighted by Gasteiger charge is 2.72. The largest absolute Gasteiger partial charge is 0.462 e. The Labute approximate surface area is 566 Å². The molecule has 0 amide bonds. The predicted octanol–water partition coefficient (Wildman–Crippen LogP) is 0.319. The third kappa shape index (κ3) is 14.1. The summed E-state index contributed by atoms with van der Waals surface area (Å²) in [6.07, 6.45) is -27.3. The first-order valence-electron chi connectivity index (χ1n) is 34.7. The van der Waals surface area contributed by atoms with Crippen LogP contribution in [-0.4, -0.2) is 263 Å². The predicted molar refractivity (Wildman–Crippen MR) is 338 cm³/mol. The van der Waals surface area contributed by atoms with Gasteiger partial charge in [-0.1, -0.05) is 73.5 Å². The second-order valence-electron chi connectivity index (χ2n) is 31.4. The fraction of sp³-hybridized carbons (Fsp3) is 0.855. The van der Waals surface area contributed by atoms with Crippen LogP contribution in [-0.2, 0) is 56.9 Å². The lowest BCUT2D eigenvalue weighted by Crippen LogP contribution is -2.68. The van der Waals surface area contributed by atoms with Crippen molar-refractivity contribution in [3.05, 3.63) is 41.5 Å². The molecule has 552 valence electrons. The van der Waals surface area contributed by atoms with E-state index in [0.717, 1.165) is 37.7 Å². The molecule has 5 aliphatic carbocycles. The number of fused-ring (bicyclic) bond motifs is 7. The quantitative estimate of drug-likeness (QED) is 0.0370. The number of nitrogen functional groups attached to an aromatic ring is 1. The first-order valence-corrected chi connectivity index (χ1v) is 34.7. The van der Waals surface area contributed by atoms with E-state index in [1.54, 1.807) is 31.2 Å². The molecule has 0 bridgehead atoms. The minimum absolute atomic E-state index is 0.129. The van der Waals surface area contributed by atoms with Crippen LogP contribution in [0.25, 0.3) is 0 Å². The molecular weight excluding hydrogens is 1270 g/mol. The highest BCUT2D eigenvalue weighted by Crippen LogP contribution is 2.76. The van der Waals surface area contributed by atoms with Crippen LogP contribution in [0.15, 0.2) is 35.9 Å². The summed E-state index contributed by atoms with van der Waals surface area (Å²) in [5.41, 5.74) is 4.42. The van der Waals surface area contributed by atoms with Crippen LogP contribution >= 0.6 is 0 Å². The summed E-state index contributed by atoms with van der Waals surface area (Å²) in [6.45, 7) is 19.7. The number of benzene rings is 1. The average molecular weight is 1380 g/mol. The molecular formula is C69H109NO27. The van der Waals surface area contributed by atoms with E-state index in [2.05, 4.69) is 61.5 Å². The second kappa shape index (κ2) is 29.5. The number of ether oxygens (including phenoxy) is 11. The molecule has 32 unspecified atom stereocenters. The maximum absolute atomic E-state index is 15.4. The maximum Gasteiger partial charge on any atom is 0.338 e. The van der Waals surface area contributed by atoms with Gasteiger partial charge in [-0.05, 0) is 147 Å². The van der Waals surface area contributed by atoms with Crippen molar-refractivity contribution in [2.45, 2.75) is 293 Å². The van der Waals surface area contributed by atoms with Gasteiger partial charge in [-0.3, -0.25) is 4.79 Å². The Bertz CT molecular complexity index is 2870. The van der Waals surface area contributed by atoms with Gasteiger partial charge in [0, 0.05) is 5.69 Å². The van der Waals surface area contributed by atoms with Crippen LogP contribution in [0, 0.1) is 50.2 Å². The molecule has 4 saturated carbocycles. The molecule has 28 heteroatoms. The summed E-state index contributed by atoms with van der Waals surface area (Å²) >= 11 is 0. The SMILES string of the molecule is CC1OC(OC2CCC3(C)C(CCC4(C)C3CC=C3C5CC(C)(C)CCC5(C(=O)OC5OCC(O)C(O)C5OC5OC(C)C(OC6OC(CO)C(O)C(O)C6O)C(O)C5O)C(O)CC34C)C2(C)C)C(O)C(O)C1OC1OCC(O)C(O)C1O.CCCCOC(=O)c1ccc(N)cc1. The Balaban J connectivity index is 0.000000650. The van der Waals surface area contributed by atoms with E-state index >= 15 is 4.79 Å². The zero-order valence-corrected chi connectivity index (χ0v) is 57.3. The van der Waals surface area contributed by atoms with Gasteiger partial charge in [-0.2, -0.15) is 0 Å². The Morgan fingerprint density at radius 2 is 1.14 bits per heavy atom. The summed E-state index contributed by atoms with van der Waals surface area (Å²) < 4.78 is 64.6. The van der Waals surface area contributed by atoms with Gasteiger partial charge in [0.25, 0.3) is 0 Å². The number of rotatable bonds is 15. The molecule has 1 aromatic rings. The van der Waals surface area contributed by atoms with E-state index in [9.17, 15) is 76.3 Å². The Morgan fingerprint density at radius 3 is 1.76 bits per heavy atom. The number of unbranched alkanes of at least 4 members (excludes halogenated alkanes) is 1. The van der Waals surface area contributed by atoms with Gasteiger partial charge in [-0.15, -0.1) is 0 Å². The van der Waals surface area contributed by atoms with Gasteiger partial charge >= 0.3 is 11.9 Å². The van der Waals surface area contributed by atoms with E-state index in [-0.39, 0.29) is 53.5 Å². The molecule has 5 heterocycles. The molecule has 5 aliphatic heterocycles. The van der Waals surface area contributed by atoms with Crippen molar-refractivity contribution in [3.63, 3.8) is 0 Å². The number of aliphatic hydroxyl groups is 14. The first-order chi connectivity index (χ1) is 45.5. The van der Waals surface area contributed by atoms with Crippen molar-refractivity contribution in [3.8, 4) is 0 Å². The van der Waals surface area contributed by atoms with Crippen LogP contribution in [0.2, 0.25) is 0 Å². The molecule has 0 spiro atoms. The van der Waals surface area contributed by atoms with Crippen LogP contribution < -0.4 is 5.73 Å². The normalized spacial score (nSPS) is 48.6. The maximum atomic E-state index is 15.4. The molecule has 1 aromatic carbocycles. The standard InChI is InChI=1S/C58H94O25.C11H15NO2/c1-23-44(80-47-40(69)34(63)27(60)21-74-47)38(67)42(71)48(76-23)79-33-13-14-55(7)30(54(33,5)6)12-15-56(8)31(55)11-10-25-26-18-53(3,4)16-17-58(26,32(62)19-57(25,56)9)52(73)83-51-46(35(64)28(61)22-75-51)82-49-43(72)39(68)45(24(2)77-49)81-50-41(70)37(66)36(65)29(20-59)78-50;1-2-3-8-14-11(13)9-4-6-10(12)7-5-9/h10,23-24,26-51,59-72H,11-22H2,1-9H3;4-7H,2-3,8,12H2,1H3. The third-order valence-corrected chi connectivity index (χ3v) is 24.6. The summed E-state index contributed by atoms with van der Waals surface area (Å²) in [6, 6.07) is 6.72. The Morgan fingerprint density at radius 1 is 0.588 bits per heavy atom. The number of esters is 2. The zero-order valence-electron chi connectivity index (χ0n) is 57.3. The van der Waals surface area contributed by atoms with Gasteiger partial charge in [0.05, 0.1) is 56.4 Å². The topological polar surface area (TPSA) is 445 Å². The smallest absolute Gasteiger partial charge is 0.338 e. The Hall–Kier alpha value is -3.22. The van der Waals surface area contributed by atoms with Crippen LogP contribution in [0.5, 0.6) is 0 Å². The lowest BCUT2D eigenvalue weighted by molar-refractivity contribution is -0.374. The van der Waals surface area contributed by atoms with Crippen molar-refractivity contribution in [1.29, 1.82) is 0 Å². The lowest BCUT2D eigenvalue weighted by Gasteiger charge is -2.71. The van der Waals surface area contributed by atoms with Crippen molar-refractivity contribution in [1.82, 2.24) is 0 Å². The fourth-order valence-corrected chi connectivity index (χ4v) is 18.5. The van der Waals surface area contributed by atoms with E-state index < -0.39 is 195 Å². The molecule has 0 radical (unpaired) electrons. The van der Waals surface area contributed by atoms with E-state index in [0.29, 0.717) is 43.5 Å². The van der Waals surface area contributed by atoms with Crippen molar-refractivity contribution in [2.75, 3.05) is 32.2 Å². The van der Waals surface area contributed by atoms with Gasteiger partial charge in [0.1, 0.15) is 97.0 Å². The fourth-order valence-electron chi connectivity index (χ4n) is 18.5. The van der Waals surface area contributed by atoms with E-state index in [1.807, 2.05) is 0 Å². The molecule has 32 atom stereocenters. The van der Waals surface area contributed by atoms with Gasteiger partial charge in [-0.25, -0.2) is 4.79 Å². The molecule has 9 fully saturated rings. The third-order valence-electron chi connectivity index (χ3n) is 24.6. The number of hydrogen-bond donors (Lipinski definition) is 15. The number of nitrogens with two attached hydrogens (primary N) is 1. The highest BCUT2D eigenvalue weighted by molar-refractivity contribution is 5.89.